The molecule has 0 spiro atoms. The second-order valence-corrected chi connectivity index (χ2v) is 14.6. The van der Waals surface area contributed by atoms with Crippen LogP contribution in [-0.4, -0.2) is 56.6 Å². The first-order chi connectivity index (χ1) is 25.6. The van der Waals surface area contributed by atoms with Crippen LogP contribution in [0.3, 0.4) is 0 Å². The fourth-order valence-electron chi connectivity index (χ4n) is 7.19. The number of amides is 2. The third kappa shape index (κ3) is 8.62. The van der Waals surface area contributed by atoms with E-state index in [9.17, 15) is 19.8 Å². The number of ether oxygens (including phenoxy) is 2. The molecule has 53 heavy (non-hydrogen) atoms. The number of aliphatic hydroxyl groups is 2. The predicted octanol–water partition coefficient (Wildman–Crippen LogP) is 6.70. The molecule has 3 aliphatic rings. The average molecular weight is 751 g/mol. The van der Waals surface area contributed by atoms with E-state index in [-0.39, 0.29) is 30.5 Å². The molecular formula is C42H37Cl2N3O6. The number of anilines is 1. The Morgan fingerprint density at radius 1 is 0.830 bits per heavy atom. The Bertz CT molecular complexity index is 2140. The summed E-state index contributed by atoms with van der Waals surface area (Å²) in [6.07, 6.45) is 5.56. The summed E-state index contributed by atoms with van der Waals surface area (Å²) < 4.78 is 12.2. The van der Waals surface area contributed by atoms with Gasteiger partial charge < -0.3 is 29.9 Å². The van der Waals surface area contributed by atoms with Gasteiger partial charge in [-0.05, 0) is 99.2 Å². The monoisotopic (exact) mass is 749 g/mol. The molecule has 3 N–H and O–H groups in total. The summed E-state index contributed by atoms with van der Waals surface area (Å²) in [6.45, 7) is 0. The van der Waals surface area contributed by atoms with Crippen molar-refractivity contribution in [1.82, 2.24) is 10.3 Å². The van der Waals surface area contributed by atoms with Crippen LogP contribution >= 0.6 is 23.2 Å². The van der Waals surface area contributed by atoms with Crippen molar-refractivity contribution in [2.45, 2.75) is 80.9 Å². The number of para-hydroxylation sites is 1. The molecule has 1 aromatic heterocycles. The number of halogens is 2. The lowest BCUT2D eigenvalue weighted by Crippen LogP contribution is -2.50. The Kier molecular flexibility index (Phi) is 10.6. The fourth-order valence-corrected chi connectivity index (χ4v) is 7.57. The van der Waals surface area contributed by atoms with Crippen LogP contribution in [0, 0.1) is 23.7 Å². The molecule has 0 radical (unpaired) electrons. The SMILES string of the molecule is O=C(N[C@H]1CCC[C@@](O)(C#Cc2cccc(Cl)c2)C1)C1Oc2cccc(N(C(=O)c3cccnc3)[C@@H]3CCC[C@](O)(C#Cc4cccc(Cl)c4)C3)c2O1. The molecule has 7 rings (SSSR count). The van der Waals surface area contributed by atoms with Crippen molar-refractivity contribution >= 4 is 40.7 Å². The maximum atomic E-state index is 14.3. The number of hydrogen-bond donors (Lipinski definition) is 3. The summed E-state index contributed by atoms with van der Waals surface area (Å²) in [7, 11) is 0. The first kappa shape index (κ1) is 36.3. The van der Waals surface area contributed by atoms with E-state index in [0.29, 0.717) is 76.7 Å². The van der Waals surface area contributed by atoms with Crippen LogP contribution in [0.4, 0.5) is 5.69 Å². The average Bonchev–Trinajstić information content (AvgIpc) is 3.60. The number of aromatic nitrogens is 1. The molecule has 5 atom stereocenters. The highest BCUT2D eigenvalue weighted by Crippen LogP contribution is 2.46. The minimum atomic E-state index is -1.38. The molecule has 0 saturated heterocycles. The van der Waals surface area contributed by atoms with Crippen LogP contribution in [0.5, 0.6) is 11.5 Å². The van der Waals surface area contributed by atoms with Crippen molar-refractivity contribution < 1.29 is 29.3 Å². The van der Waals surface area contributed by atoms with Gasteiger partial charge in [0.05, 0.1) is 11.3 Å². The second kappa shape index (κ2) is 15.5. The van der Waals surface area contributed by atoms with Crippen molar-refractivity contribution in [3.63, 3.8) is 0 Å². The molecule has 0 bridgehead atoms. The maximum Gasteiger partial charge on any atom is 0.321 e. The molecular weight excluding hydrogens is 713 g/mol. The zero-order chi connectivity index (χ0) is 37.0. The molecule has 2 amide bonds. The summed E-state index contributed by atoms with van der Waals surface area (Å²) in [5.41, 5.74) is -0.558. The van der Waals surface area contributed by atoms with E-state index >= 15 is 0 Å². The number of benzene rings is 3. The molecule has 2 fully saturated rings. The zero-order valence-corrected chi connectivity index (χ0v) is 30.2. The van der Waals surface area contributed by atoms with Crippen LogP contribution in [0.1, 0.15) is 72.9 Å². The number of pyridine rings is 1. The number of rotatable bonds is 5. The number of nitrogens with zero attached hydrogens (tertiary/aromatic N) is 2. The smallest absolute Gasteiger partial charge is 0.321 e. The van der Waals surface area contributed by atoms with Gasteiger partial charge in [-0.1, -0.05) is 65.1 Å². The van der Waals surface area contributed by atoms with Crippen LogP contribution in [0.2, 0.25) is 10.0 Å². The minimum Gasteiger partial charge on any atom is -0.442 e. The highest BCUT2D eigenvalue weighted by atomic mass is 35.5. The lowest BCUT2D eigenvalue weighted by atomic mass is 9.81. The Morgan fingerprint density at radius 2 is 1.49 bits per heavy atom. The number of hydrogen-bond acceptors (Lipinski definition) is 7. The summed E-state index contributed by atoms with van der Waals surface area (Å²) in [5, 5.41) is 27.1. The van der Waals surface area contributed by atoms with Crippen molar-refractivity contribution in [2.24, 2.45) is 0 Å². The maximum absolute atomic E-state index is 14.3. The topological polar surface area (TPSA) is 121 Å². The Morgan fingerprint density at radius 3 is 2.15 bits per heavy atom. The fraction of sp³-hybridized carbons (Fsp3) is 0.310. The molecule has 9 nitrogen and oxygen atoms in total. The largest absolute Gasteiger partial charge is 0.442 e. The highest BCUT2D eigenvalue weighted by Gasteiger charge is 2.42. The van der Waals surface area contributed by atoms with Gasteiger partial charge in [0.2, 0.25) is 0 Å². The Labute approximate surface area is 318 Å². The van der Waals surface area contributed by atoms with E-state index in [4.69, 9.17) is 32.7 Å². The number of carbonyl (C=O) groups excluding carboxylic acids is 2. The number of fused-ring (bicyclic) bond motifs is 1. The van der Waals surface area contributed by atoms with Gasteiger partial charge in [0, 0.05) is 58.5 Å². The van der Waals surface area contributed by atoms with Gasteiger partial charge in [-0.2, -0.15) is 0 Å². The molecule has 270 valence electrons. The second-order valence-electron chi connectivity index (χ2n) is 13.7. The summed E-state index contributed by atoms with van der Waals surface area (Å²) in [6, 6.07) is 21.9. The van der Waals surface area contributed by atoms with Crippen LogP contribution < -0.4 is 19.7 Å². The molecule has 1 unspecified atom stereocenters. The third-order valence-electron chi connectivity index (χ3n) is 9.69. The number of carbonyl (C=O) groups is 2. The van der Waals surface area contributed by atoms with Crippen LogP contribution in [0.15, 0.2) is 91.3 Å². The molecule has 2 heterocycles. The van der Waals surface area contributed by atoms with Gasteiger partial charge in [-0.15, -0.1) is 0 Å². The quantitative estimate of drug-likeness (QED) is 0.194. The van der Waals surface area contributed by atoms with E-state index in [2.05, 4.69) is 34.0 Å². The van der Waals surface area contributed by atoms with Crippen LogP contribution in [-0.2, 0) is 4.79 Å². The summed E-state index contributed by atoms with van der Waals surface area (Å²) in [4.78, 5) is 33.7. The molecule has 4 aromatic rings. The van der Waals surface area contributed by atoms with E-state index in [1.165, 1.54) is 6.20 Å². The molecule has 11 heteroatoms. The zero-order valence-electron chi connectivity index (χ0n) is 28.7. The van der Waals surface area contributed by atoms with Crippen molar-refractivity contribution in [3.05, 3.63) is 118 Å². The van der Waals surface area contributed by atoms with Gasteiger partial charge in [-0.25, -0.2) is 0 Å². The van der Waals surface area contributed by atoms with E-state index in [0.717, 1.165) is 0 Å². The number of nitrogens with one attached hydrogen (secondary N) is 1. The predicted molar refractivity (Wildman–Crippen MR) is 202 cm³/mol. The molecule has 2 saturated carbocycles. The molecule has 1 aliphatic heterocycles. The molecule has 2 aliphatic carbocycles. The standard InChI is InChI=1S/C42H37Cl2N3O6/c43-31-10-1-7-28(23-31)16-20-41(50)18-4-12-33(25-41)46-38(48)40-52-36-15-3-14-35(37(36)53-40)47(39(49)30-9-6-22-45-27-30)34-13-5-19-42(51,26-34)21-17-29-8-2-11-32(44)24-29/h1-3,6-11,14-15,22-24,27,33-34,40,50-51H,4-5,12-13,18-19,25-26H2,(H,46,48)/t33-,34+,40?,41+,42-/m0/s1. The first-order valence-electron chi connectivity index (χ1n) is 17.6. The van der Waals surface area contributed by atoms with Crippen molar-refractivity contribution in [2.75, 3.05) is 4.90 Å². The van der Waals surface area contributed by atoms with E-state index < -0.39 is 29.4 Å². The first-order valence-corrected chi connectivity index (χ1v) is 18.3. The van der Waals surface area contributed by atoms with Gasteiger partial charge in [0.25, 0.3) is 5.91 Å². The normalized spacial score (nSPS) is 24.5. The van der Waals surface area contributed by atoms with Gasteiger partial charge in [-0.3, -0.25) is 14.6 Å². The third-order valence-corrected chi connectivity index (χ3v) is 10.2. The minimum absolute atomic E-state index is 0.172. The lowest BCUT2D eigenvalue weighted by Gasteiger charge is -2.40. The highest BCUT2D eigenvalue weighted by molar-refractivity contribution is 6.31. The van der Waals surface area contributed by atoms with Crippen LogP contribution in [0.25, 0.3) is 0 Å². The summed E-state index contributed by atoms with van der Waals surface area (Å²) >= 11 is 12.2. The van der Waals surface area contributed by atoms with Gasteiger partial charge >= 0.3 is 12.2 Å². The molecule has 3 aromatic carbocycles. The lowest BCUT2D eigenvalue weighted by molar-refractivity contribution is -0.138. The van der Waals surface area contributed by atoms with Gasteiger partial charge in [0.1, 0.15) is 11.2 Å². The van der Waals surface area contributed by atoms with Gasteiger partial charge in [0.15, 0.2) is 11.5 Å². The summed E-state index contributed by atoms with van der Waals surface area (Å²) in [5.74, 6) is 11.8. The Balaban J connectivity index is 1.10. The van der Waals surface area contributed by atoms with Crippen molar-refractivity contribution in [1.29, 1.82) is 0 Å². The van der Waals surface area contributed by atoms with E-state index in [1.54, 1.807) is 77.8 Å². The van der Waals surface area contributed by atoms with Crippen molar-refractivity contribution in [3.8, 4) is 35.2 Å². The Hall–Kier alpha value is -5.03. The van der Waals surface area contributed by atoms with E-state index in [1.807, 2.05) is 12.1 Å².